The summed E-state index contributed by atoms with van der Waals surface area (Å²) in [7, 11) is 0. The smallest absolute Gasteiger partial charge is 0.410 e. The first-order valence-corrected chi connectivity index (χ1v) is 21.8. The lowest BCUT2D eigenvalue weighted by Gasteiger charge is -2.42. The van der Waals surface area contributed by atoms with Crippen molar-refractivity contribution in [3.8, 4) is 17.1 Å². The number of esters is 1. The first-order chi connectivity index (χ1) is 31.7. The van der Waals surface area contributed by atoms with Crippen LogP contribution in [0.25, 0.3) is 22.3 Å². The van der Waals surface area contributed by atoms with Crippen LogP contribution in [0.4, 0.5) is 10.5 Å². The van der Waals surface area contributed by atoms with Gasteiger partial charge in [0.1, 0.15) is 43.3 Å². The molecule has 3 amide bonds. The summed E-state index contributed by atoms with van der Waals surface area (Å²) in [6.45, 7) is 8.29. The lowest BCUT2D eigenvalue weighted by molar-refractivity contribution is -0.271. The summed E-state index contributed by atoms with van der Waals surface area (Å²) in [4.78, 5) is 84.6. The van der Waals surface area contributed by atoms with Crippen molar-refractivity contribution >= 4 is 46.4 Å². The highest BCUT2D eigenvalue weighted by Gasteiger charge is 2.57. The van der Waals surface area contributed by atoms with Crippen molar-refractivity contribution in [3.63, 3.8) is 0 Å². The summed E-state index contributed by atoms with van der Waals surface area (Å²) in [5.74, 6) is -4.15. The number of hydrogen-bond acceptors (Lipinski definition) is 16. The Morgan fingerprint density at radius 3 is 2.42 bits per heavy atom. The molecule has 67 heavy (non-hydrogen) atoms. The maximum atomic E-state index is 13.9. The number of hydrogen-bond donors (Lipinski definition) is 8. The van der Waals surface area contributed by atoms with E-state index < -0.39 is 78.2 Å². The number of ether oxygens (including phenoxy) is 4. The van der Waals surface area contributed by atoms with Crippen LogP contribution in [0.15, 0.2) is 47.3 Å². The molecule has 1 fully saturated rings. The molecule has 1 aliphatic carbocycles. The number of anilines is 1. The van der Waals surface area contributed by atoms with E-state index in [-0.39, 0.29) is 67.2 Å². The molecule has 21 nitrogen and oxygen atoms in total. The van der Waals surface area contributed by atoms with Crippen LogP contribution >= 0.6 is 0 Å². The zero-order valence-corrected chi connectivity index (χ0v) is 37.2. The Hall–Kier alpha value is -6.49. The molecule has 0 spiro atoms. The van der Waals surface area contributed by atoms with Gasteiger partial charge in [-0.1, -0.05) is 38.1 Å². The van der Waals surface area contributed by atoms with Gasteiger partial charge in [-0.05, 0) is 68.0 Å². The maximum absolute atomic E-state index is 13.9. The van der Waals surface area contributed by atoms with Crippen LogP contribution < -0.4 is 26.7 Å². The fraction of sp³-hybridized carbons (Fsp3) is 0.457. The van der Waals surface area contributed by atoms with Gasteiger partial charge in [0.25, 0.3) is 5.56 Å². The van der Waals surface area contributed by atoms with E-state index in [2.05, 4.69) is 10.6 Å². The van der Waals surface area contributed by atoms with E-state index in [9.17, 15) is 54.3 Å². The maximum Gasteiger partial charge on any atom is 0.410 e. The number of para-hydroxylation sites is 1. The van der Waals surface area contributed by atoms with Gasteiger partial charge in [-0.2, -0.15) is 0 Å². The molecule has 0 saturated carbocycles. The van der Waals surface area contributed by atoms with Crippen molar-refractivity contribution in [2.24, 2.45) is 11.7 Å². The fourth-order valence-electron chi connectivity index (χ4n) is 8.93. The minimum atomic E-state index is -2.00. The average Bonchev–Trinajstić information content (AvgIpc) is 3.66. The quantitative estimate of drug-likeness (QED) is 0.0704. The highest BCUT2D eigenvalue weighted by Crippen LogP contribution is 2.50. The lowest BCUT2D eigenvalue weighted by Crippen LogP contribution is -2.61. The number of carboxylic acid groups (broad SMARTS) is 1. The van der Waals surface area contributed by atoms with Crippen molar-refractivity contribution in [1.29, 1.82) is 0 Å². The Balaban J connectivity index is 1.03. The summed E-state index contributed by atoms with van der Waals surface area (Å²) in [5, 5.41) is 58.1. The molecule has 2 aromatic heterocycles. The number of aliphatic carboxylic acids is 1. The highest BCUT2D eigenvalue weighted by molar-refractivity contribution is 5.98. The standard InChI is InChI=1S/C46H52N6O15/c1-19(2)32(47)40(57)48-21(5)39(56)50-29-11-10-22(14-30(29)66-43-37(55)35(53)36(54)38(67-43)42(59)60)17-65-45(62)51(20(3)4)13-12-23-24-8-6-7-9-28(24)49-33-26(23)16-52-34(33)25-15-46(63)31(25)27(41(52)58)18-64-44(46)61/h6-11,14,19-21,32,35-38,43,53-55,63H,12-13,15-18,47H2,1-5H3,(H,48,57)(H,50,56)(H,59,60)/t21-,32-,35-,36-,37+,38-,43+,46-/m0/s1. The van der Waals surface area contributed by atoms with Crippen LogP contribution in [0.3, 0.4) is 0 Å². The van der Waals surface area contributed by atoms with E-state index >= 15 is 0 Å². The Labute approximate surface area is 382 Å². The van der Waals surface area contributed by atoms with Gasteiger partial charge in [-0.3, -0.25) is 14.4 Å². The van der Waals surface area contributed by atoms with E-state index in [1.54, 1.807) is 18.4 Å². The topological polar surface area (TPSA) is 312 Å². The van der Waals surface area contributed by atoms with E-state index in [0.29, 0.717) is 40.0 Å². The second-order valence-electron chi connectivity index (χ2n) is 17.9. The van der Waals surface area contributed by atoms with Gasteiger partial charge in [0.05, 0.1) is 40.7 Å². The molecule has 0 bridgehead atoms. The number of aromatic nitrogens is 2. The average molecular weight is 929 g/mol. The zero-order chi connectivity index (χ0) is 48.4. The van der Waals surface area contributed by atoms with Crippen LogP contribution in [0.2, 0.25) is 0 Å². The number of aliphatic hydroxyl groups is 4. The van der Waals surface area contributed by atoms with E-state index in [0.717, 1.165) is 16.5 Å². The number of nitrogens with zero attached hydrogens (tertiary/aromatic N) is 3. The van der Waals surface area contributed by atoms with Gasteiger partial charge in [-0.25, -0.2) is 19.4 Å². The van der Waals surface area contributed by atoms with Gasteiger partial charge < -0.3 is 70.3 Å². The Kier molecular flexibility index (Phi) is 12.6. The van der Waals surface area contributed by atoms with E-state index in [4.69, 9.17) is 29.7 Å². The van der Waals surface area contributed by atoms with Crippen LogP contribution in [-0.4, -0.2) is 125 Å². The number of carboxylic acids is 1. The number of cyclic esters (lactones) is 1. The summed E-state index contributed by atoms with van der Waals surface area (Å²) in [6.07, 6.45) is -10.2. The summed E-state index contributed by atoms with van der Waals surface area (Å²) in [5.41, 5.74) is 8.53. The van der Waals surface area contributed by atoms with Crippen molar-refractivity contribution in [1.82, 2.24) is 19.8 Å². The van der Waals surface area contributed by atoms with Gasteiger partial charge >= 0.3 is 18.0 Å². The number of fused-ring (bicyclic) bond motifs is 5. The predicted molar refractivity (Wildman–Crippen MR) is 234 cm³/mol. The van der Waals surface area contributed by atoms with Gasteiger partial charge in [0.15, 0.2) is 11.7 Å². The summed E-state index contributed by atoms with van der Waals surface area (Å²) < 4.78 is 23.8. The largest absolute Gasteiger partial charge is 0.479 e. The zero-order valence-electron chi connectivity index (χ0n) is 37.2. The molecule has 1 saturated heterocycles. The highest BCUT2D eigenvalue weighted by atomic mass is 16.7. The molecule has 2 aromatic carbocycles. The van der Waals surface area contributed by atoms with E-state index in [1.165, 1.54) is 30.0 Å². The lowest BCUT2D eigenvalue weighted by atomic mass is 9.69. The molecule has 4 aromatic rings. The molecule has 8 rings (SSSR count). The van der Waals surface area contributed by atoms with Crippen LogP contribution in [0, 0.1) is 5.92 Å². The van der Waals surface area contributed by atoms with Gasteiger partial charge in [0, 0.05) is 35.5 Å². The molecule has 4 aliphatic rings. The number of amides is 3. The molecule has 5 heterocycles. The Morgan fingerprint density at radius 1 is 0.985 bits per heavy atom. The number of nitrogens with one attached hydrogen (secondary N) is 2. The molecule has 356 valence electrons. The summed E-state index contributed by atoms with van der Waals surface area (Å²) >= 11 is 0. The van der Waals surface area contributed by atoms with Gasteiger partial charge in [0.2, 0.25) is 18.1 Å². The Morgan fingerprint density at radius 2 is 1.72 bits per heavy atom. The molecule has 0 radical (unpaired) electrons. The number of carbonyl (C=O) groups excluding carboxylic acids is 4. The normalized spacial score (nSPS) is 23.3. The molecule has 21 heteroatoms. The monoisotopic (exact) mass is 928 g/mol. The predicted octanol–water partition coefficient (Wildman–Crippen LogP) is 0.513. The minimum Gasteiger partial charge on any atom is -0.479 e. The molecular formula is C46H52N6O15. The number of pyridine rings is 2. The van der Waals surface area contributed by atoms with Crippen molar-refractivity contribution in [2.75, 3.05) is 11.9 Å². The first kappa shape index (κ1) is 47.0. The first-order valence-electron chi connectivity index (χ1n) is 21.8. The van der Waals surface area contributed by atoms with Gasteiger partial charge in [-0.15, -0.1) is 0 Å². The Bertz CT molecular complexity index is 2760. The number of carbonyl (C=O) groups is 5. The molecular weight excluding hydrogens is 877 g/mol. The number of rotatable bonds is 14. The number of benzene rings is 2. The second kappa shape index (κ2) is 18.0. The fourth-order valence-corrected chi connectivity index (χ4v) is 8.93. The number of nitrogens with two attached hydrogens (primary N) is 1. The molecule has 0 unspecified atom stereocenters. The van der Waals surface area contributed by atoms with Crippen LogP contribution in [0.1, 0.15) is 68.0 Å². The van der Waals surface area contributed by atoms with E-state index in [1.807, 2.05) is 38.1 Å². The SMILES string of the molecule is CC(C)[C@H](N)C(=O)N[C@@H](C)C(=O)Nc1ccc(COC(=O)N(CCc2c3c(nc4ccccc24)-c2c4c5c(c(=O)n2C3)COC(=O)[C@]5(O)C4)C(C)C)cc1O[C@@H]1O[C@H](C(=O)O)[C@@H](O)[C@H](O)[C@H]1O. The van der Waals surface area contributed by atoms with Crippen LogP contribution in [0.5, 0.6) is 5.75 Å². The third-order valence-electron chi connectivity index (χ3n) is 12.8. The third-order valence-corrected chi connectivity index (χ3v) is 12.8. The summed E-state index contributed by atoms with van der Waals surface area (Å²) in [6, 6.07) is 9.32. The third kappa shape index (κ3) is 8.35. The van der Waals surface area contributed by atoms with Crippen molar-refractivity contribution in [3.05, 3.63) is 86.2 Å². The second-order valence-corrected chi connectivity index (χ2v) is 17.9. The van der Waals surface area contributed by atoms with Crippen LogP contribution in [-0.2, 0) is 71.6 Å². The van der Waals surface area contributed by atoms with Crippen molar-refractivity contribution in [2.45, 2.75) is 122 Å². The minimum absolute atomic E-state index is 0.0211. The molecule has 9 N–H and O–H groups in total. The number of aliphatic hydroxyl groups excluding tert-OH is 3. The van der Waals surface area contributed by atoms with Crippen molar-refractivity contribution < 1.29 is 68.5 Å². The molecule has 8 atom stereocenters. The molecule has 3 aliphatic heterocycles.